The van der Waals surface area contributed by atoms with Crippen LogP contribution in [0.25, 0.3) is 11.3 Å². The predicted molar refractivity (Wildman–Crippen MR) is 161 cm³/mol. The number of benzene rings is 3. The second-order valence-corrected chi connectivity index (χ2v) is 10.8. The van der Waals surface area contributed by atoms with Gasteiger partial charge >= 0.3 is 0 Å². The fourth-order valence-electron chi connectivity index (χ4n) is 4.14. The van der Waals surface area contributed by atoms with E-state index in [9.17, 15) is 14.4 Å². The summed E-state index contributed by atoms with van der Waals surface area (Å²) in [6.45, 7) is 2.13. The highest BCUT2D eigenvalue weighted by molar-refractivity contribution is 7.14. The number of aryl methyl sites for hydroxylation is 1. The molecule has 1 aliphatic heterocycles. The molecule has 0 spiro atoms. The van der Waals surface area contributed by atoms with Crippen molar-refractivity contribution < 1.29 is 14.4 Å². The lowest BCUT2D eigenvalue weighted by Gasteiger charge is -2.15. The summed E-state index contributed by atoms with van der Waals surface area (Å²) < 4.78 is 0. The SMILES string of the molecule is CCCCc1ccc(N2C(=O)C(Cl)=C(Nc3ccc(C(=O)Nc4nc(-c5ccc(Cl)cc5)cs4)cc3)C2=O)cc1. The molecular weight excluding hydrogens is 567 g/mol. The van der Waals surface area contributed by atoms with Crippen LogP contribution in [0.5, 0.6) is 0 Å². The third-order valence-electron chi connectivity index (χ3n) is 6.32. The van der Waals surface area contributed by atoms with Crippen LogP contribution < -0.4 is 15.5 Å². The number of hydrogen-bond acceptors (Lipinski definition) is 6. The van der Waals surface area contributed by atoms with E-state index in [1.165, 1.54) is 11.3 Å². The van der Waals surface area contributed by atoms with Crippen molar-refractivity contribution >= 4 is 68.8 Å². The van der Waals surface area contributed by atoms with Gasteiger partial charge in [-0.05, 0) is 66.9 Å². The Morgan fingerprint density at radius 2 is 1.62 bits per heavy atom. The largest absolute Gasteiger partial charge is 0.350 e. The number of hydrogen-bond donors (Lipinski definition) is 2. The van der Waals surface area contributed by atoms with Gasteiger partial charge in [-0.2, -0.15) is 0 Å². The molecule has 2 N–H and O–H groups in total. The van der Waals surface area contributed by atoms with Gasteiger partial charge in [0.1, 0.15) is 10.7 Å². The molecule has 5 rings (SSSR count). The first-order chi connectivity index (χ1) is 19.3. The number of carbonyl (C=O) groups is 3. The molecule has 202 valence electrons. The number of nitrogens with zero attached hydrogens (tertiary/aromatic N) is 2. The summed E-state index contributed by atoms with van der Waals surface area (Å²) in [6, 6.07) is 21.1. The van der Waals surface area contributed by atoms with Crippen molar-refractivity contribution in [1.82, 2.24) is 4.98 Å². The van der Waals surface area contributed by atoms with E-state index in [4.69, 9.17) is 23.2 Å². The Bertz CT molecular complexity index is 1600. The molecule has 0 unspecified atom stereocenters. The molecule has 3 aromatic carbocycles. The topological polar surface area (TPSA) is 91.4 Å². The van der Waals surface area contributed by atoms with Crippen molar-refractivity contribution in [3.8, 4) is 11.3 Å². The summed E-state index contributed by atoms with van der Waals surface area (Å²) in [4.78, 5) is 44.2. The van der Waals surface area contributed by atoms with Gasteiger partial charge in [-0.25, -0.2) is 9.88 Å². The lowest BCUT2D eigenvalue weighted by atomic mass is 10.1. The van der Waals surface area contributed by atoms with Crippen LogP contribution in [0.1, 0.15) is 35.7 Å². The summed E-state index contributed by atoms with van der Waals surface area (Å²) in [5, 5.41) is 8.49. The molecule has 3 amide bonds. The van der Waals surface area contributed by atoms with E-state index < -0.39 is 11.8 Å². The Hall–Kier alpha value is -3.98. The maximum absolute atomic E-state index is 13.1. The number of nitrogens with one attached hydrogen (secondary N) is 2. The van der Waals surface area contributed by atoms with Gasteiger partial charge in [-0.15, -0.1) is 11.3 Å². The van der Waals surface area contributed by atoms with E-state index >= 15 is 0 Å². The summed E-state index contributed by atoms with van der Waals surface area (Å²) >= 11 is 13.5. The molecule has 1 aromatic heterocycles. The molecule has 0 aliphatic carbocycles. The molecule has 7 nitrogen and oxygen atoms in total. The Morgan fingerprint density at radius 3 is 2.30 bits per heavy atom. The first-order valence-electron chi connectivity index (χ1n) is 12.6. The van der Waals surface area contributed by atoms with Crippen LogP contribution in [0.15, 0.2) is 88.9 Å². The minimum Gasteiger partial charge on any atom is -0.350 e. The number of imide groups is 1. The van der Waals surface area contributed by atoms with E-state index in [0.29, 0.717) is 27.1 Å². The molecule has 10 heteroatoms. The van der Waals surface area contributed by atoms with Crippen LogP contribution >= 0.6 is 34.5 Å². The molecule has 0 saturated carbocycles. The van der Waals surface area contributed by atoms with Crippen molar-refractivity contribution in [3.63, 3.8) is 0 Å². The Balaban J connectivity index is 1.23. The van der Waals surface area contributed by atoms with E-state index in [1.54, 1.807) is 48.5 Å². The van der Waals surface area contributed by atoms with Crippen LogP contribution in [0.4, 0.5) is 16.5 Å². The molecule has 4 aromatic rings. The van der Waals surface area contributed by atoms with Crippen molar-refractivity contribution in [2.75, 3.05) is 15.5 Å². The Morgan fingerprint density at radius 1 is 0.925 bits per heavy atom. The number of thiazole rings is 1. The summed E-state index contributed by atoms with van der Waals surface area (Å²) in [5.41, 5.74) is 4.11. The zero-order valence-corrected chi connectivity index (χ0v) is 23.7. The molecule has 0 saturated heterocycles. The zero-order valence-electron chi connectivity index (χ0n) is 21.4. The van der Waals surface area contributed by atoms with Crippen molar-refractivity contribution in [2.45, 2.75) is 26.2 Å². The van der Waals surface area contributed by atoms with E-state index in [0.717, 1.165) is 41.0 Å². The van der Waals surface area contributed by atoms with Gasteiger partial charge in [-0.3, -0.25) is 19.7 Å². The van der Waals surface area contributed by atoms with Crippen molar-refractivity contribution in [3.05, 3.63) is 105 Å². The number of unbranched alkanes of at least 4 members (excludes halogenated alkanes) is 1. The number of amides is 3. The number of carbonyl (C=O) groups excluding carboxylic acids is 3. The molecule has 1 aliphatic rings. The minimum atomic E-state index is -0.590. The molecule has 2 heterocycles. The van der Waals surface area contributed by atoms with E-state index in [-0.39, 0.29) is 16.6 Å². The quantitative estimate of drug-likeness (QED) is 0.197. The fourth-order valence-corrected chi connectivity index (χ4v) is 5.19. The second kappa shape index (κ2) is 12.0. The number of halogens is 2. The normalized spacial score (nSPS) is 13.2. The van der Waals surface area contributed by atoms with Gasteiger partial charge in [0.25, 0.3) is 17.7 Å². The third kappa shape index (κ3) is 5.94. The van der Waals surface area contributed by atoms with Crippen molar-refractivity contribution in [2.24, 2.45) is 0 Å². The number of rotatable bonds is 9. The van der Waals surface area contributed by atoms with Gasteiger partial charge in [0, 0.05) is 27.2 Å². The maximum Gasteiger partial charge on any atom is 0.283 e. The van der Waals surface area contributed by atoms with Crippen LogP contribution in [0.2, 0.25) is 5.02 Å². The fraction of sp³-hybridized carbons (Fsp3) is 0.133. The van der Waals surface area contributed by atoms with E-state index in [2.05, 4.69) is 22.5 Å². The highest BCUT2D eigenvalue weighted by Crippen LogP contribution is 2.31. The van der Waals surface area contributed by atoms with Gasteiger partial charge in [0.15, 0.2) is 5.13 Å². The minimum absolute atomic E-state index is 0.0172. The van der Waals surface area contributed by atoms with Crippen LogP contribution in [0, 0.1) is 0 Å². The summed E-state index contributed by atoms with van der Waals surface area (Å²) in [6.07, 6.45) is 3.09. The van der Waals surface area contributed by atoms with Crippen LogP contribution in [0.3, 0.4) is 0 Å². The summed E-state index contributed by atoms with van der Waals surface area (Å²) in [7, 11) is 0. The molecule has 0 atom stereocenters. The van der Waals surface area contributed by atoms with E-state index in [1.807, 2.05) is 29.6 Å². The van der Waals surface area contributed by atoms with Gasteiger partial charge < -0.3 is 5.32 Å². The van der Waals surface area contributed by atoms with Crippen LogP contribution in [-0.2, 0) is 16.0 Å². The lowest BCUT2D eigenvalue weighted by Crippen LogP contribution is -2.32. The van der Waals surface area contributed by atoms with Crippen LogP contribution in [-0.4, -0.2) is 22.7 Å². The average Bonchev–Trinajstić information content (AvgIpc) is 3.51. The highest BCUT2D eigenvalue weighted by Gasteiger charge is 2.38. The molecule has 0 radical (unpaired) electrons. The number of aromatic nitrogens is 1. The molecular formula is C30H24Cl2N4O3S. The first-order valence-corrected chi connectivity index (χ1v) is 14.2. The number of anilines is 3. The smallest absolute Gasteiger partial charge is 0.283 e. The monoisotopic (exact) mass is 590 g/mol. The van der Waals surface area contributed by atoms with Gasteiger partial charge in [0.05, 0.1) is 11.4 Å². The third-order valence-corrected chi connectivity index (χ3v) is 7.68. The predicted octanol–water partition coefficient (Wildman–Crippen LogP) is 7.49. The molecule has 40 heavy (non-hydrogen) atoms. The lowest BCUT2D eigenvalue weighted by molar-refractivity contribution is -0.120. The summed E-state index contributed by atoms with van der Waals surface area (Å²) in [5.74, 6) is -1.47. The first kappa shape index (κ1) is 27.6. The second-order valence-electron chi connectivity index (χ2n) is 9.11. The molecule has 0 bridgehead atoms. The van der Waals surface area contributed by atoms with Crippen molar-refractivity contribution in [1.29, 1.82) is 0 Å². The van der Waals surface area contributed by atoms with Gasteiger partial charge in [0.2, 0.25) is 0 Å². The Kier molecular flexibility index (Phi) is 8.30. The maximum atomic E-state index is 13.1. The zero-order chi connectivity index (χ0) is 28.2. The molecule has 0 fully saturated rings. The van der Waals surface area contributed by atoms with Gasteiger partial charge in [-0.1, -0.05) is 60.8 Å². The average molecular weight is 592 g/mol. The standard InChI is InChI=1S/C30H24Cl2N4O3S/c1-2-3-4-18-5-15-23(16-6-18)36-28(38)25(32)26(29(36)39)33-22-13-9-20(10-14-22)27(37)35-30-34-24(17-40-30)19-7-11-21(31)12-8-19/h5-17,33H,2-4H2,1H3,(H,34,35,37). The Labute approximate surface area is 245 Å². The highest BCUT2D eigenvalue weighted by atomic mass is 35.5.